The summed E-state index contributed by atoms with van der Waals surface area (Å²) in [5, 5.41) is 12.6. The molecule has 1 heterocycles. The van der Waals surface area contributed by atoms with Crippen molar-refractivity contribution in [3.05, 3.63) is 64.2 Å². The van der Waals surface area contributed by atoms with E-state index in [0.717, 1.165) is 16.7 Å². The molecule has 25 heavy (non-hydrogen) atoms. The van der Waals surface area contributed by atoms with Crippen LogP contribution in [0.5, 0.6) is 5.75 Å². The second-order valence-electron chi connectivity index (χ2n) is 6.08. The van der Waals surface area contributed by atoms with Crippen LogP contribution in [0.2, 0.25) is 5.02 Å². The number of hydrogen-bond donors (Lipinski definition) is 2. The molecule has 2 aromatic carbocycles. The normalized spacial score (nSPS) is 16.6. The highest BCUT2D eigenvalue weighted by molar-refractivity contribution is 6.30. The van der Waals surface area contributed by atoms with Gasteiger partial charge in [0.1, 0.15) is 5.75 Å². The summed E-state index contributed by atoms with van der Waals surface area (Å²) >= 11 is 5.97. The Kier molecular flexibility index (Phi) is 4.95. The molecule has 2 N–H and O–H groups in total. The summed E-state index contributed by atoms with van der Waals surface area (Å²) in [7, 11) is 0. The Morgan fingerprint density at radius 1 is 1.32 bits per heavy atom. The minimum atomic E-state index is -0.976. The Labute approximate surface area is 150 Å². The van der Waals surface area contributed by atoms with Crippen molar-refractivity contribution >= 4 is 23.5 Å². The number of amides is 1. The van der Waals surface area contributed by atoms with Crippen LogP contribution in [0, 0.1) is 6.92 Å². The molecule has 1 aliphatic rings. The van der Waals surface area contributed by atoms with Crippen molar-refractivity contribution < 1.29 is 19.4 Å². The Bertz CT molecular complexity index is 821. The van der Waals surface area contributed by atoms with Crippen LogP contribution < -0.4 is 10.1 Å². The monoisotopic (exact) mass is 359 g/mol. The Morgan fingerprint density at radius 2 is 2.08 bits per heavy atom. The fraction of sp³-hybridized carbons (Fsp3) is 0.263. The standard InChI is InChI=1S/C19H18ClNO4/c1-11-4-2-3-5-14(11)15(10-18(22)23)21-19(24)17-9-12-8-13(20)6-7-16(12)25-17/h2-8,15,17H,9-10H2,1H3,(H,21,24)(H,22,23). The van der Waals surface area contributed by atoms with Gasteiger partial charge in [0.25, 0.3) is 5.91 Å². The number of ether oxygens (including phenoxy) is 1. The van der Waals surface area contributed by atoms with E-state index in [0.29, 0.717) is 17.2 Å². The van der Waals surface area contributed by atoms with Crippen molar-refractivity contribution in [2.45, 2.75) is 31.9 Å². The third-order valence-corrected chi connectivity index (χ3v) is 4.48. The summed E-state index contributed by atoms with van der Waals surface area (Å²) in [6.45, 7) is 1.89. The van der Waals surface area contributed by atoms with E-state index in [2.05, 4.69) is 5.32 Å². The van der Waals surface area contributed by atoms with Crippen molar-refractivity contribution in [2.24, 2.45) is 0 Å². The Hall–Kier alpha value is -2.53. The molecule has 0 radical (unpaired) electrons. The number of carbonyl (C=O) groups excluding carboxylic acids is 1. The third-order valence-electron chi connectivity index (χ3n) is 4.25. The van der Waals surface area contributed by atoms with Crippen molar-refractivity contribution in [2.75, 3.05) is 0 Å². The molecule has 0 aromatic heterocycles. The summed E-state index contributed by atoms with van der Waals surface area (Å²) in [4.78, 5) is 23.8. The number of nitrogens with one attached hydrogen (secondary N) is 1. The van der Waals surface area contributed by atoms with Crippen molar-refractivity contribution in [3.63, 3.8) is 0 Å². The first-order chi connectivity index (χ1) is 11.9. The number of halogens is 1. The fourth-order valence-electron chi connectivity index (χ4n) is 3.02. The largest absolute Gasteiger partial charge is 0.481 e. The van der Waals surface area contributed by atoms with E-state index in [4.69, 9.17) is 16.3 Å². The zero-order chi connectivity index (χ0) is 18.0. The van der Waals surface area contributed by atoms with Gasteiger partial charge in [-0.3, -0.25) is 9.59 Å². The molecule has 0 bridgehead atoms. The van der Waals surface area contributed by atoms with E-state index in [1.807, 2.05) is 31.2 Å². The maximum Gasteiger partial charge on any atom is 0.305 e. The highest BCUT2D eigenvalue weighted by Crippen LogP contribution is 2.31. The summed E-state index contributed by atoms with van der Waals surface area (Å²) in [5.41, 5.74) is 2.59. The molecule has 5 nitrogen and oxygen atoms in total. The second kappa shape index (κ2) is 7.15. The van der Waals surface area contributed by atoms with Crippen LogP contribution in [0.1, 0.15) is 29.2 Å². The molecule has 0 spiro atoms. The predicted octanol–water partition coefficient (Wildman–Crippen LogP) is 3.28. The lowest BCUT2D eigenvalue weighted by Crippen LogP contribution is -2.40. The third kappa shape index (κ3) is 3.94. The van der Waals surface area contributed by atoms with E-state index < -0.39 is 18.1 Å². The lowest BCUT2D eigenvalue weighted by molar-refractivity contribution is -0.138. The molecular formula is C19H18ClNO4. The van der Waals surface area contributed by atoms with Crippen LogP contribution in [0.15, 0.2) is 42.5 Å². The van der Waals surface area contributed by atoms with Crippen molar-refractivity contribution in [3.8, 4) is 5.75 Å². The molecule has 2 unspecified atom stereocenters. The van der Waals surface area contributed by atoms with Crippen LogP contribution in [-0.2, 0) is 16.0 Å². The van der Waals surface area contributed by atoms with Crippen molar-refractivity contribution in [1.29, 1.82) is 0 Å². The van der Waals surface area contributed by atoms with E-state index in [1.165, 1.54) is 0 Å². The molecule has 0 aliphatic carbocycles. The number of rotatable bonds is 5. The first-order valence-electron chi connectivity index (χ1n) is 7.97. The molecule has 3 rings (SSSR count). The fourth-order valence-corrected chi connectivity index (χ4v) is 3.21. The first-order valence-corrected chi connectivity index (χ1v) is 8.34. The highest BCUT2D eigenvalue weighted by Gasteiger charge is 2.31. The average Bonchev–Trinajstić information content (AvgIpc) is 2.97. The van der Waals surface area contributed by atoms with E-state index >= 15 is 0 Å². The smallest absolute Gasteiger partial charge is 0.305 e. The van der Waals surface area contributed by atoms with Crippen LogP contribution in [0.25, 0.3) is 0 Å². The quantitative estimate of drug-likeness (QED) is 0.859. The topological polar surface area (TPSA) is 75.6 Å². The maximum atomic E-state index is 12.6. The van der Waals surface area contributed by atoms with Gasteiger partial charge in [0, 0.05) is 11.4 Å². The zero-order valence-electron chi connectivity index (χ0n) is 13.7. The number of hydrogen-bond acceptors (Lipinski definition) is 3. The first kappa shape index (κ1) is 17.3. The Balaban J connectivity index is 1.75. The molecule has 6 heteroatoms. The van der Waals surface area contributed by atoms with Crippen LogP contribution in [0.3, 0.4) is 0 Å². The number of carbonyl (C=O) groups is 2. The minimum absolute atomic E-state index is 0.192. The molecular weight excluding hydrogens is 342 g/mol. The van der Waals surface area contributed by atoms with E-state index in [9.17, 15) is 14.7 Å². The van der Waals surface area contributed by atoms with Gasteiger partial charge in [0.05, 0.1) is 12.5 Å². The van der Waals surface area contributed by atoms with Gasteiger partial charge < -0.3 is 15.2 Å². The number of fused-ring (bicyclic) bond motifs is 1. The molecule has 0 saturated carbocycles. The molecule has 1 amide bonds. The Morgan fingerprint density at radius 3 is 2.80 bits per heavy atom. The molecule has 1 aliphatic heterocycles. The van der Waals surface area contributed by atoms with Gasteiger partial charge in [-0.15, -0.1) is 0 Å². The average molecular weight is 360 g/mol. The summed E-state index contributed by atoms with van der Waals surface area (Å²) < 4.78 is 5.68. The van der Waals surface area contributed by atoms with Gasteiger partial charge in [-0.05, 0) is 41.8 Å². The maximum absolute atomic E-state index is 12.6. The number of aliphatic carboxylic acids is 1. The number of carboxylic acid groups (broad SMARTS) is 1. The van der Waals surface area contributed by atoms with Crippen LogP contribution >= 0.6 is 11.6 Å². The molecule has 2 aromatic rings. The number of benzene rings is 2. The SMILES string of the molecule is Cc1ccccc1C(CC(=O)O)NC(=O)C1Cc2cc(Cl)ccc2O1. The number of aryl methyl sites for hydroxylation is 1. The summed E-state index contributed by atoms with van der Waals surface area (Å²) in [5.74, 6) is -0.673. The lowest BCUT2D eigenvalue weighted by atomic mass is 9.98. The van der Waals surface area contributed by atoms with Crippen LogP contribution in [0.4, 0.5) is 0 Å². The number of carboxylic acids is 1. The van der Waals surface area contributed by atoms with E-state index in [-0.39, 0.29) is 12.3 Å². The van der Waals surface area contributed by atoms with Gasteiger partial charge in [-0.1, -0.05) is 35.9 Å². The predicted molar refractivity (Wildman–Crippen MR) is 93.9 cm³/mol. The second-order valence-corrected chi connectivity index (χ2v) is 6.51. The van der Waals surface area contributed by atoms with Gasteiger partial charge in [0.2, 0.25) is 0 Å². The van der Waals surface area contributed by atoms with Gasteiger partial charge >= 0.3 is 5.97 Å². The van der Waals surface area contributed by atoms with Gasteiger partial charge in [0.15, 0.2) is 6.10 Å². The van der Waals surface area contributed by atoms with Gasteiger partial charge in [-0.2, -0.15) is 0 Å². The molecule has 0 fully saturated rings. The van der Waals surface area contributed by atoms with E-state index in [1.54, 1.807) is 18.2 Å². The highest BCUT2D eigenvalue weighted by atomic mass is 35.5. The zero-order valence-corrected chi connectivity index (χ0v) is 14.4. The summed E-state index contributed by atoms with van der Waals surface area (Å²) in [6.07, 6.45) is -0.467. The van der Waals surface area contributed by atoms with Gasteiger partial charge in [-0.25, -0.2) is 0 Å². The van der Waals surface area contributed by atoms with Crippen molar-refractivity contribution in [1.82, 2.24) is 5.32 Å². The van der Waals surface area contributed by atoms with Crippen LogP contribution in [-0.4, -0.2) is 23.1 Å². The molecule has 2 atom stereocenters. The summed E-state index contributed by atoms with van der Waals surface area (Å²) in [6, 6.07) is 12.0. The lowest BCUT2D eigenvalue weighted by Gasteiger charge is -2.21. The molecule has 130 valence electrons. The molecule has 0 saturated heterocycles. The minimum Gasteiger partial charge on any atom is -0.481 e.